The number of carbonyl (C=O) groups is 2. The molecule has 0 saturated heterocycles. The number of benzene rings is 3. The quantitative estimate of drug-likeness (QED) is 0.759. The molecule has 0 radical (unpaired) electrons. The normalized spacial score (nSPS) is 10.4. The predicted molar refractivity (Wildman–Crippen MR) is 96.4 cm³/mol. The number of rotatable bonds is 4. The summed E-state index contributed by atoms with van der Waals surface area (Å²) in [6.07, 6.45) is 0. The van der Waals surface area contributed by atoms with Crippen LogP contribution in [-0.2, 0) is 4.79 Å². The molecule has 5 heteroatoms. The van der Waals surface area contributed by atoms with Gasteiger partial charge in [0.2, 0.25) is 5.91 Å². The molecule has 3 rings (SSSR count). The second kappa shape index (κ2) is 7.15. The lowest BCUT2D eigenvalue weighted by Crippen LogP contribution is -2.32. The fourth-order valence-corrected chi connectivity index (χ4v) is 2.52. The molecular formula is C19H15ClN2O2. The van der Waals surface area contributed by atoms with Gasteiger partial charge in [0.15, 0.2) is 0 Å². The Bertz CT molecular complexity index is 886. The first-order valence-corrected chi connectivity index (χ1v) is 7.83. The second-order valence-electron chi connectivity index (χ2n) is 5.26. The molecule has 0 unspecified atom stereocenters. The molecule has 3 aromatic rings. The van der Waals surface area contributed by atoms with Crippen molar-refractivity contribution in [2.24, 2.45) is 0 Å². The number of carbonyl (C=O) groups excluding carboxylic acids is 2. The summed E-state index contributed by atoms with van der Waals surface area (Å²) in [6, 6.07) is 20.0. The van der Waals surface area contributed by atoms with Crippen LogP contribution in [0.2, 0.25) is 5.02 Å². The van der Waals surface area contributed by atoms with E-state index in [2.05, 4.69) is 10.6 Å². The predicted octanol–water partition coefficient (Wildman–Crippen LogP) is 3.86. The summed E-state index contributed by atoms with van der Waals surface area (Å²) in [7, 11) is 0. The van der Waals surface area contributed by atoms with E-state index in [-0.39, 0.29) is 18.4 Å². The average molecular weight is 339 g/mol. The summed E-state index contributed by atoms with van der Waals surface area (Å²) in [4.78, 5) is 24.1. The number of hydrogen-bond acceptors (Lipinski definition) is 2. The number of hydrogen-bond donors (Lipinski definition) is 2. The Balaban J connectivity index is 1.63. The Hall–Kier alpha value is -2.85. The van der Waals surface area contributed by atoms with Gasteiger partial charge in [-0.3, -0.25) is 9.59 Å². The van der Waals surface area contributed by atoms with Gasteiger partial charge in [-0.1, -0.05) is 48.0 Å². The van der Waals surface area contributed by atoms with Gasteiger partial charge in [-0.2, -0.15) is 0 Å². The van der Waals surface area contributed by atoms with Crippen LogP contribution in [0.5, 0.6) is 0 Å². The van der Waals surface area contributed by atoms with Crippen LogP contribution in [0.1, 0.15) is 10.4 Å². The standard InChI is InChI=1S/C19H15ClN2O2/c20-15-10-8-14(9-11-15)19(24)21-12-18(23)22-17-7-3-5-13-4-1-2-6-16(13)17/h1-11H,12H2,(H,21,24)(H,22,23). The molecule has 0 fully saturated rings. The monoisotopic (exact) mass is 338 g/mol. The summed E-state index contributed by atoms with van der Waals surface area (Å²) in [6.45, 7) is -0.106. The maximum atomic E-state index is 12.1. The van der Waals surface area contributed by atoms with E-state index in [1.807, 2.05) is 42.5 Å². The van der Waals surface area contributed by atoms with Crippen LogP contribution in [0, 0.1) is 0 Å². The maximum Gasteiger partial charge on any atom is 0.251 e. The Morgan fingerprint density at radius 2 is 1.58 bits per heavy atom. The van der Waals surface area contributed by atoms with E-state index in [0.717, 1.165) is 16.5 Å². The third-order valence-electron chi connectivity index (χ3n) is 3.58. The van der Waals surface area contributed by atoms with E-state index in [0.29, 0.717) is 10.6 Å². The summed E-state index contributed by atoms with van der Waals surface area (Å²) in [5.41, 5.74) is 1.18. The maximum absolute atomic E-state index is 12.1. The van der Waals surface area contributed by atoms with Crippen molar-refractivity contribution in [3.8, 4) is 0 Å². The first-order valence-electron chi connectivity index (χ1n) is 7.45. The van der Waals surface area contributed by atoms with Crippen molar-refractivity contribution >= 4 is 39.9 Å². The molecule has 120 valence electrons. The van der Waals surface area contributed by atoms with Crippen molar-refractivity contribution in [2.75, 3.05) is 11.9 Å². The molecule has 2 amide bonds. The SMILES string of the molecule is O=C(CNC(=O)c1ccc(Cl)cc1)Nc1cccc2ccccc12. The number of anilines is 1. The molecule has 0 spiro atoms. The van der Waals surface area contributed by atoms with E-state index in [1.54, 1.807) is 24.3 Å². The number of halogens is 1. The molecule has 0 atom stereocenters. The Labute approximate surface area is 144 Å². The average Bonchev–Trinajstić information content (AvgIpc) is 2.61. The van der Waals surface area contributed by atoms with Crippen LogP contribution in [0.25, 0.3) is 10.8 Å². The molecule has 3 aromatic carbocycles. The van der Waals surface area contributed by atoms with Crippen molar-refractivity contribution < 1.29 is 9.59 Å². The lowest BCUT2D eigenvalue weighted by molar-refractivity contribution is -0.115. The molecule has 0 heterocycles. The van der Waals surface area contributed by atoms with Crippen LogP contribution in [0.3, 0.4) is 0 Å². The van der Waals surface area contributed by atoms with Crippen molar-refractivity contribution in [1.29, 1.82) is 0 Å². The lowest BCUT2D eigenvalue weighted by Gasteiger charge is -2.09. The zero-order valence-electron chi connectivity index (χ0n) is 12.8. The Kier molecular flexibility index (Phi) is 4.77. The zero-order chi connectivity index (χ0) is 16.9. The van der Waals surface area contributed by atoms with Gasteiger partial charge in [0.1, 0.15) is 0 Å². The number of amides is 2. The minimum Gasteiger partial charge on any atom is -0.343 e. The van der Waals surface area contributed by atoms with Crippen molar-refractivity contribution in [3.05, 3.63) is 77.3 Å². The van der Waals surface area contributed by atoms with E-state index >= 15 is 0 Å². The van der Waals surface area contributed by atoms with Crippen LogP contribution < -0.4 is 10.6 Å². The molecule has 0 bridgehead atoms. The molecule has 24 heavy (non-hydrogen) atoms. The fourth-order valence-electron chi connectivity index (χ4n) is 2.39. The van der Waals surface area contributed by atoms with E-state index < -0.39 is 0 Å². The molecule has 0 saturated carbocycles. The minimum absolute atomic E-state index is 0.106. The highest BCUT2D eigenvalue weighted by Crippen LogP contribution is 2.22. The Morgan fingerprint density at radius 3 is 2.38 bits per heavy atom. The van der Waals surface area contributed by atoms with Gasteiger partial charge in [-0.05, 0) is 35.7 Å². The topological polar surface area (TPSA) is 58.2 Å². The number of fused-ring (bicyclic) bond motifs is 1. The molecule has 0 aliphatic carbocycles. The minimum atomic E-state index is -0.320. The van der Waals surface area contributed by atoms with Gasteiger partial charge in [0.05, 0.1) is 6.54 Å². The highest BCUT2D eigenvalue weighted by atomic mass is 35.5. The lowest BCUT2D eigenvalue weighted by atomic mass is 10.1. The van der Waals surface area contributed by atoms with Gasteiger partial charge in [-0.15, -0.1) is 0 Å². The molecule has 0 aliphatic rings. The van der Waals surface area contributed by atoms with Crippen molar-refractivity contribution in [3.63, 3.8) is 0 Å². The summed E-state index contributed by atoms with van der Waals surface area (Å²) in [5, 5.41) is 7.97. The van der Waals surface area contributed by atoms with Gasteiger partial charge in [-0.25, -0.2) is 0 Å². The Morgan fingerprint density at radius 1 is 0.875 bits per heavy atom. The first kappa shape index (κ1) is 16.0. The van der Waals surface area contributed by atoms with Gasteiger partial charge in [0.25, 0.3) is 5.91 Å². The third-order valence-corrected chi connectivity index (χ3v) is 3.83. The van der Waals surface area contributed by atoms with Gasteiger partial charge >= 0.3 is 0 Å². The number of nitrogens with one attached hydrogen (secondary N) is 2. The smallest absolute Gasteiger partial charge is 0.251 e. The van der Waals surface area contributed by atoms with E-state index in [4.69, 9.17) is 11.6 Å². The van der Waals surface area contributed by atoms with Crippen molar-refractivity contribution in [1.82, 2.24) is 5.32 Å². The van der Waals surface area contributed by atoms with Gasteiger partial charge < -0.3 is 10.6 Å². The third kappa shape index (κ3) is 3.73. The van der Waals surface area contributed by atoms with E-state index in [1.165, 1.54) is 0 Å². The van der Waals surface area contributed by atoms with Crippen LogP contribution >= 0.6 is 11.6 Å². The van der Waals surface area contributed by atoms with Crippen LogP contribution in [0.4, 0.5) is 5.69 Å². The molecule has 4 nitrogen and oxygen atoms in total. The zero-order valence-corrected chi connectivity index (χ0v) is 13.5. The molecular weight excluding hydrogens is 324 g/mol. The highest BCUT2D eigenvalue weighted by Gasteiger charge is 2.09. The summed E-state index contributed by atoms with van der Waals surface area (Å²) in [5.74, 6) is -0.603. The molecule has 2 N–H and O–H groups in total. The largest absolute Gasteiger partial charge is 0.343 e. The van der Waals surface area contributed by atoms with Crippen LogP contribution in [-0.4, -0.2) is 18.4 Å². The summed E-state index contributed by atoms with van der Waals surface area (Å²) >= 11 is 5.79. The highest BCUT2D eigenvalue weighted by molar-refractivity contribution is 6.30. The fraction of sp³-hybridized carbons (Fsp3) is 0.0526. The van der Waals surface area contributed by atoms with Crippen molar-refractivity contribution in [2.45, 2.75) is 0 Å². The molecule has 0 aliphatic heterocycles. The van der Waals surface area contributed by atoms with Crippen LogP contribution in [0.15, 0.2) is 66.7 Å². The second-order valence-corrected chi connectivity index (χ2v) is 5.70. The van der Waals surface area contributed by atoms with Gasteiger partial charge in [0, 0.05) is 21.7 Å². The summed E-state index contributed by atoms with van der Waals surface area (Å²) < 4.78 is 0. The first-order chi connectivity index (χ1) is 11.6. The van der Waals surface area contributed by atoms with E-state index in [9.17, 15) is 9.59 Å². The molecule has 0 aromatic heterocycles.